The number of aryl methyl sites for hydroxylation is 18. The van der Waals surface area contributed by atoms with Gasteiger partial charge in [0.1, 0.15) is 42.3 Å². The van der Waals surface area contributed by atoms with E-state index in [0.717, 1.165) is 11.3 Å². The fourth-order valence-electron chi connectivity index (χ4n) is 12.1. The first-order valence-electron chi connectivity index (χ1n) is 33.8. The highest BCUT2D eigenvalue weighted by atomic mass is 15.0. The molecule has 0 N–H and O–H groups in total. The van der Waals surface area contributed by atoms with Gasteiger partial charge in [-0.15, -0.1) is 0 Å². The Morgan fingerprint density at radius 3 is 1.13 bits per heavy atom. The van der Waals surface area contributed by atoms with E-state index in [1.165, 1.54) is 134 Å². The summed E-state index contributed by atoms with van der Waals surface area (Å²) >= 11 is 0. The lowest BCUT2D eigenvalue weighted by Crippen LogP contribution is -2.34. The molecule has 0 saturated heterocycles. The van der Waals surface area contributed by atoms with Gasteiger partial charge in [0.2, 0.25) is 34.2 Å². The number of aromatic nitrogens is 6. The van der Waals surface area contributed by atoms with Crippen LogP contribution in [0.5, 0.6) is 0 Å². The Labute approximate surface area is 563 Å². The number of hydrogen-bond donors (Lipinski definition) is 0. The zero-order chi connectivity index (χ0) is 70.1. The maximum Gasteiger partial charge on any atom is 0.215 e. The third kappa shape index (κ3) is 18.3. The smallest absolute Gasteiger partial charge is 0.201 e. The molecule has 0 aliphatic heterocycles. The molecular formula is C87H102N6+6. The minimum absolute atomic E-state index is 0.363. The summed E-state index contributed by atoms with van der Waals surface area (Å²) in [7, 11) is 12.4. The van der Waals surface area contributed by atoms with Crippen LogP contribution in [0.2, 0.25) is 0 Å². The van der Waals surface area contributed by atoms with E-state index < -0.39 is 6.85 Å². The summed E-state index contributed by atoms with van der Waals surface area (Å²) in [5, 5.41) is 0. The van der Waals surface area contributed by atoms with Gasteiger partial charge in [0.15, 0.2) is 36.7 Å². The van der Waals surface area contributed by atoms with E-state index in [4.69, 9.17) is 4.11 Å². The molecule has 0 aliphatic rings. The van der Waals surface area contributed by atoms with Crippen molar-refractivity contribution in [2.24, 2.45) is 42.3 Å². The highest BCUT2D eigenvalue weighted by Crippen LogP contribution is 2.28. The van der Waals surface area contributed by atoms with Crippen LogP contribution in [-0.2, 0) is 42.3 Å². The summed E-state index contributed by atoms with van der Waals surface area (Å²) in [6.45, 7) is 28.1. The molecule has 0 aliphatic carbocycles. The van der Waals surface area contributed by atoms with Crippen molar-refractivity contribution < 1.29 is 31.5 Å². The Hall–Kier alpha value is -9.78. The van der Waals surface area contributed by atoms with E-state index in [9.17, 15) is 0 Å². The van der Waals surface area contributed by atoms with Gasteiger partial charge in [0, 0.05) is 114 Å². The molecule has 0 fully saturated rings. The van der Waals surface area contributed by atoms with E-state index in [-0.39, 0.29) is 0 Å². The molecule has 0 amide bonds. The number of hydrogen-bond acceptors (Lipinski definition) is 0. The van der Waals surface area contributed by atoms with Crippen LogP contribution in [0.1, 0.15) is 87.7 Å². The van der Waals surface area contributed by atoms with Crippen LogP contribution in [0, 0.1) is 104 Å². The monoisotopic (exact) mass is 1230 g/mol. The first-order chi connectivity index (χ1) is 45.6. The lowest BCUT2D eigenvalue weighted by Gasteiger charge is -2.10. The predicted molar refractivity (Wildman–Crippen MR) is 389 cm³/mol. The maximum absolute atomic E-state index is 7.41. The van der Waals surface area contributed by atoms with Crippen molar-refractivity contribution in [3.05, 3.63) is 321 Å². The molecule has 93 heavy (non-hydrogen) atoms. The quantitative estimate of drug-likeness (QED) is 0.148. The Morgan fingerprint density at radius 2 is 0.667 bits per heavy atom. The molecule has 0 radical (unpaired) electrons. The van der Waals surface area contributed by atoms with Gasteiger partial charge in [-0.3, -0.25) is 0 Å². The molecule has 6 heterocycles. The second kappa shape index (κ2) is 33.0. The van der Waals surface area contributed by atoms with Crippen molar-refractivity contribution in [3.8, 4) is 67.5 Å². The summed E-state index contributed by atoms with van der Waals surface area (Å²) in [6, 6.07) is 71.4. The third-order valence-electron chi connectivity index (χ3n) is 17.6. The van der Waals surface area contributed by atoms with Crippen LogP contribution in [0.15, 0.2) is 237 Å². The number of nitrogens with zero attached hydrogens (tertiary/aromatic N) is 6. The lowest BCUT2D eigenvalue weighted by atomic mass is 9.97. The molecule has 12 rings (SSSR count). The van der Waals surface area contributed by atoms with Crippen LogP contribution in [0.3, 0.4) is 0 Å². The van der Waals surface area contributed by atoms with Crippen LogP contribution in [-0.4, -0.2) is 0 Å². The van der Waals surface area contributed by atoms with Gasteiger partial charge in [0.05, 0.1) is 0 Å². The zero-order valence-corrected chi connectivity index (χ0v) is 59.2. The van der Waals surface area contributed by atoms with Crippen molar-refractivity contribution >= 4 is 0 Å². The van der Waals surface area contributed by atoms with Gasteiger partial charge in [-0.1, -0.05) is 109 Å². The van der Waals surface area contributed by atoms with Gasteiger partial charge in [0.25, 0.3) is 0 Å². The summed E-state index contributed by atoms with van der Waals surface area (Å²) in [5.41, 5.74) is 34.0. The standard InChI is InChI=1S/C16H20N.C15H18N.4C14H16N/c1-11-8-6-7-9-15(11)16-14(4)13(3)12(2)10-17(16)5;1-11-9-13(3)15(16(4)10-11)14-8-6-5-7-12(14)2;1-11-7-4-5-9-13(11)14-12(2)8-6-10-15(14)3;1-11-7-4-5-9-13(11)14-10-6-8-12(2)15(14)3;1-11-8-9-15(3)14(10-11)13-7-5-4-6-12(13)2;1-11-8-9-14(15(3)10-11)13-7-5-4-6-12(13)2/h6-10H,1-5H3;5-10H,1-4H3;4*4-10H,1-3H3/q6*+1/i;;;;;1D3. The lowest BCUT2D eigenvalue weighted by molar-refractivity contribution is -0.666. The van der Waals surface area contributed by atoms with Gasteiger partial charge < -0.3 is 0 Å². The molecule has 474 valence electrons. The molecule has 6 heteroatoms. The van der Waals surface area contributed by atoms with Crippen molar-refractivity contribution in [1.29, 1.82) is 0 Å². The van der Waals surface area contributed by atoms with E-state index in [1.54, 1.807) is 12.3 Å². The average molecular weight is 1230 g/mol. The third-order valence-corrected chi connectivity index (χ3v) is 17.6. The molecule has 0 bridgehead atoms. The Bertz CT molecular complexity index is 4570. The molecule has 0 spiro atoms. The highest BCUT2D eigenvalue weighted by Gasteiger charge is 2.21. The van der Waals surface area contributed by atoms with Crippen LogP contribution < -0.4 is 27.4 Å². The van der Waals surface area contributed by atoms with Crippen molar-refractivity contribution in [2.45, 2.75) is 104 Å². The molecule has 6 aromatic heterocycles. The van der Waals surface area contributed by atoms with Gasteiger partial charge in [-0.05, 0) is 202 Å². The molecule has 12 aromatic rings. The van der Waals surface area contributed by atoms with Gasteiger partial charge >= 0.3 is 0 Å². The molecular weight excluding hydrogens is 1130 g/mol. The topological polar surface area (TPSA) is 23.3 Å². The fraction of sp³-hybridized carbons (Fsp3) is 0.241. The second-order valence-corrected chi connectivity index (χ2v) is 24.9. The normalized spacial score (nSPS) is 11.0. The Kier molecular flexibility index (Phi) is 23.5. The van der Waals surface area contributed by atoms with Gasteiger partial charge in [-0.2, -0.15) is 4.57 Å². The summed E-state index contributed by atoms with van der Waals surface area (Å²) in [4.78, 5) is 0. The van der Waals surface area contributed by atoms with E-state index >= 15 is 0 Å². The Balaban J connectivity index is 0.000000163. The minimum atomic E-state index is -2.05. The van der Waals surface area contributed by atoms with Crippen LogP contribution >= 0.6 is 0 Å². The number of rotatable bonds is 6. The van der Waals surface area contributed by atoms with E-state index in [2.05, 4.69) is 343 Å². The first kappa shape index (κ1) is 66.2. The average Bonchev–Trinajstić information content (AvgIpc) is 0.807. The van der Waals surface area contributed by atoms with Crippen molar-refractivity contribution in [3.63, 3.8) is 0 Å². The predicted octanol–water partition coefficient (Wildman–Crippen LogP) is 17.7. The summed E-state index contributed by atoms with van der Waals surface area (Å²) in [6.07, 6.45) is 10.3. The van der Waals surface area contributed by atoms with Gasteiger partial charge in [-0.25, -0.2) is 22.8 Å². The maximum atomic E-state index is 7.41. The molecule has 0 atom stereocenters. The van der Waals surface area contributed by atoms with Crippen LogP contribution in [0.25, 0.3) is 67.5 Å². The Morgan fingerprint density at radius 1 is 0.247 bits per heavy atom. The zero-order valence-electron chi connectivity index (χ0n) is 62.2. The number of benzene rings is 6. The number of pyridine rings is 6. The molecule has 6 aromatic carbocycles. The SMILES string of the molecule is Cc1cc(C)c(-c2ccccc2C)[n+](C)c1.Cc1cc[n+](C)c(-c2ccccc2C)c1.Cc1ccccc1-c1c(C)c(C)c(C)c[n+]1C.Cc1ccccc1-c1c(C)ccc[n+]1C.Cc1ccccc1-c1cccc(C)[n+]1C.[2H]C([2H])([2H])c1ccc(-c2ccccc2C)[n+](C)c1. The highest BCUT2D eigenvalue weighted by molar-refractivity contribution is 5.67. The van der Waals surface area contributed by atoms with E-state index in [0.29, 0.717) is 5.56 Å². The second-order valence-electron chi connectivity index (χ2n) is 24.9. The summed E-state index contributed by atoms with van der Waals surface area (Å²) < 4.78 is 35.1. The molecule has 0 saturated carbocycles. The fourth-order valence-corrected chi connectivity index (χ4v) is 12.1. The molecule has 6 nitrogen and oxygen atoms in total. The minimum Gasteiger partial charge on any atom is -0.201 e. The molecule has 0 unspecified atom stereocenters. The first-order valence-corrected chi connectivity index (χ1v) is 32.3. The van der Waals surface area contributed by atoms with E-state index in [1.807, 2.05) is 48.9 Å². The van der Waals surface area contributed by atoms with Crippen molar-refractivity contribution in [2.75, 3.05) is 0 Å². The largest absolute Gasteiger partial charge is 0.215 e. The van der Waals surface area contributed by atoms with Crippen LogP contribution in [0.4, 0.5) is 0 Å². The summed E-state index contributed by atoms with van der Waals surface area (Å²) in [5.74, 6) is 0. The van der Waals surface area contributed by atoms with Crippen molar-refractivity contribution in [1.82, 2.24) is 0 Å².